The summed E-state index contributed by atoms with van der Waals surface area (Å²) in [6, 6.07) is 16.6. The van der Waals surface area contributed by atoms with E-state index >= 15 is 0 Å². The van der Waals surface area contributed by atoms with Crippen molar-refractivity contribution in [1.82, 2.24) is 14.7 Å². The zero-order chi connectivity index (χ0) is 24.3. The number of hydrogen-bond donors (Lipinski definition) is 0. The minimum atomic E-state index is -3.91. The molecule has 0 aliphatic carbocycles. The van der Waals surface area contributed by atoms with Crippen LogP contribution in [0.5, 0.6) is 0 Å². The molecule has 0 unspecified atom stereocenters. The van der Waals surface area contributed by atoms with Crippen LogP contribution in [0, 0.1) is 13.8 Å². The Kier molecular flexibility index (Phi) is 7.65. The lowest BCUT2D eigenvalue weighted by Gasteiger charge is -2.34. The van der Waals surface area contributed by atoms with Gasteiger partial charge in [-0.3, -0.25) is 0 Å². The van der Waals surface area contributed by atoms with Crippen molar-refractivity contribution < 1.29 is 8.42 Å². The molecule has 176 valence electrons. The summed E-state index contributed by atoms with van der Waals surface area (Å²) in [4.78, 5) is 2.19. The van der Waals surface area contributed by atoms with Gasteiger partial charge in [0.2, 0.25) is 0 Å². The Labute approximate surface area is 202 Å². The molecule has 3 aromatic rings. The Balaban J connectivity index is 2.01. The maximum Gasteiger partial charge on any atom is 0.283 e. The first-order valence-corrected chi connectivity index (χ1v) is 12.8. The molecule has 1 aromatic heterocycles. The molecular weight excluding hydrogens is 456 g/mol. The average Bonchev–Trinajstić information content (AvgIpc) is 3.01. The molecule has 0 amide bonds. The lowest BCUT2D eigenvalue weighted by Crippen LogP contribution is -2.43. The molecule has 0 atom stereocenters. The third-order valence-electron chi connectivity index (χ3n) is 5.42. The molecule has 33 heavy (non-hydrogen) atoms. The van der Waals surface area contributed by atoms with Gasteiger partial charge in [-0.25, -0.2) is 4.68 Å². The Morgan fingerprint density at radius 1 is 1.00 bits per heavy atom. The highest BCUT2D eigenvalue weighted by Crippen LogP contribution is 2.24. The molecule has 1 heterocycles. The SMILES string of the molecule is Cc1nn(-c2ccc(S(=O)(=O)/N=C(/Cc3ccccc3)N(C(C)C)C(C)C)cc2)c(C)c1Cl. The molecule has 0 fully saturated rings. The highest BCUT2D eigenvalue weighted by molar-refractivity contribution is 7.90. The fraction of sp³-hybridized carbons (Fsp3) is 0.360. The zero-order valence-corrected chi connectivity index (χ0v) is 21.5. The van der Waals surface area contributed by atoms with E-state index < -0.39 is 10.0 Å². The Bertz CT molecular complexity index is 1220. The minimum Gasteiger partial charge on any atom is -0.354 e. The van der Waals surface area contributed by atoms with Crippen LogP contribution in [0.1, 0.15) is 44.6 Å². The molecule has 0 N–H and O–H groups in total. The van der Waals surface area contributed by atoms with Gasteiger partial charge in [0.05, 0.1) is 27.0 Å². The summed E-state index contributed by atoms with van der Waals surface area (Å²) >= 11 is 6.25. The van der Waals surface area contributed by atoms with Gasteiger partial charge in [-0.05, 0) is 71.4 Å². The van der Waals surface area contributed by atoms with E-state index in [2.05, 4.69) is 14.4 Å². The molecule has 0 saturated carbocycles. The van der Waals surface area contributed by atoms with E-state index in [0.717, 1.165) is 22.6 Å². The molecule has 0 aliphatic heterocycles. The standard InChI is InChI=1S/C25H31ClN4O2S/c1-17(2)29(18(3)4)24(16-21-10-8-7-9-11-21)28-33(31,32)23-14-12-22(13-15-23)30-20(6)25(26)19(5)27-30/h7-15,17-18H,16H2,1-6H3/b28-24-. The van der Waals surface area contributed by atoms with Gasteiger partial charge in [0.1, 0.15) is 5.84 Å². The summed E-state index contributed by atoms with van der Waals surface area (Å²) in [7, 11) is -3.91. The van der Waals surface area contributed by atoms with E-state index in [1.807, 2.05) is 71.9 Å². The molecular formula is C25H31ClN4O2S. The smallest absolute Gasteiger partial charge is 0.283 e. The number of benzene rings is 2. The molecule has 0 saturated heterocycles. The van der Waals surface area contributed by atoms with Gasteiger partial charge < -0.3 is 4.90 Å². The Morgan fingerprint density at radius 3 is 2.06 bits per heavy atom. The van der Waals surface area contributed by atoms with E-state index in [1.54, 1.807) is 28.9 Å². The number of hydrogen-bond acceptors (Lipinski definition) is 3. The molecule has 8 heteroatoms. The summed E-state index contributed by atoms with van der Waals surface area (Å²) in [5.41, 5.74) is 3.27. The lowest BCUT2D eigenvalue weighted by atomic mass is 10.1. The van der Waals surface area contributed by atoms with Crippen molar-refractivity contribution in [3.63, 3.8) is 0 Å². The fourth-order valence-electron chi connectivity index (χ4n) is 3.97. The second kappa shape index (κ2) is 10.1. The van der Waals surface area contributed by atoms with Crippen LogP contribution < -0.4 is 0 Å². The normalized spacial score (nSPS) is 12.6. The number of sulfonamides is 1. The Morgan fingerprint density at radius 2 is 1.58 bits per heavy atom. The molecule has 6 nitrogen and oxygen atoms in total. The predicted octanol–water partition coefficient (Wildman–Crippen LogP) is 5.59. The second-order valence-electron chi connectivity index (χ2n) is 8.63. The number of nitrogens with zero attached hydrogens (tertiary/aromatic N) is 4. The van der Waals surface area contributed by atoms with E-state index in [9.17, 15) is 8.42 Å². The summed E-state index contributed by atoms with van der Waals surface area (Å²) in [5.74, 6) is 0.528. The van der Waals surface area contributed by atoms with Gasteiger partial charge in [0, 0.05) is 18.5 Å². The maximum atomic E-state index is 13.3. The topological polar surface area (TPSA) is 67.6 Å². The van der Waals surface area contributed by atoms with Crippen LogP contribution in [0.2, 0.25) is 5.02 Å². The van der Waals surface area contributed by atoms with E-state index in [1.165, 1.54) is 0 Å². The molecule has 0 radical (unpaired) electrons. The zero-order valence-electron chi connectivity index (χ0n) is 19.9. The van der Waals surface area contributed by atoms with Crippen molar-refractivity contribution in [2.45, 2.75) is 64.9 Å². The summed E-state index contributed by atoms with van der Waals surface area (Å²) < 4.78 is 32.6. The molecule has 2 aromatic carbocycles. The Hall–Kier alpha value is -2.64. The number of rotatable bonds is 7. The first-order valence-electron chi connectivity index (χ1n) is 11.0. The van der Waals surface area contributed by atoms with Gasteiger partial charge in [-0.15, -0.1) is 4.40 Å². The van der Waals surface area contributed by atoms with Crippen molar-refractivity contribution in [3.8, 4) is 5.69 Å². The summed E-state index contributed by atoms with van der Waals surface area (Å²) in [6.07, 6.45) is 0.429. The quantitative estimate of drug-likeness (QED) is 0.322. The van der Waals surface area contributed by atoms with Crippen molar-refractivity contribution in [3.05, 3.63) is 76.6 Å². The highest BCUT2D eigenvalue weighted by Gasteiger charge is 2.23. The predicted molar refractivity (Wildman–Crippen MR) is 135 cm³/mol. The minimum absolute atomic E-state index is 0.0980. The van der Waals surface area contributed by atoms with Crippen molar-refractivity contribution in [2.24, 2.45) is 4.40 Å². The first-order chi connectivity index (χ1) is 15.5. The molecule has 0 bridgehead atoms. The highest BCUT2D eigenvalue weighted by atomic mass is 35.5. The van der Waals surface area contributed by atoms with Crippen LogP contribution in [0.4, 0.5) is 0 Å². The van der Waals surface area contributed by atoms with Crippen molar-refractivity contribution >= 4 is 27.5 Å². The molecule has 3 rings (SSSR count). The van der Waals surface area contributed by atoms with Gasteiger partial charge in [0.25, 0.3) is 10.0 Å². The van der Waals surface area contributed by atoms with Crippen LogP contribution in [0.15, 0.2) is 63.9 Å². The number of amidine groups is 1. The van der Waals surface area contributed by atoms with E-state index in [-0.39, 0.29) is 17.0 Å². The fourth-order valence-corrected chi connectivity index (χ4v) is 5.11. The van der Waals surface area contributed by atoms with Crippen LogP contribution in [0.25, 0.3) is 5.69 Å². The number of halogens is 1. The van der Waals surface area contributed by atoms with Crippen LogP contribution in [0.3, 0.4) is 0 Å². The van der Waals surface area contributed by atoms with Gasteiger partial charge in [-0.1, -0.05) is 41.9 Å². The third kappa shape index (κ3) is 5.65. The number of aromatic nitrogens is 2. The molecule has 0 aliphatic rings. The van der Waals surface area contributed by atoms with Crippen molar-refractivity contribution in [1.29, 1.82) is 0 Å². The molecule has 0 spiro atoms. The maximum absolute atomic E-state index is 13.3. The first kappa shape index (κ1) is 25.0. The second-order valence-corrected chi connectivity index (χ2v) is 10.6. The number of aryl methyl sites for hydroxylation is 1. The summed E-state index contributed by atoms with van der Waals surface area (Å²) in [6.45, 7) is 11.9. The van der Waals surface area contributed by atoms with E-state index in [0.29, 0.717) is 17.3 Å². The van der Waals surface area contributed by atoms with Gasteiger partial charge >= 0.3 is 0 Å². The van der Waals surface area contributed by atoms with Crippen LogP contribution >= 0.6 is 11.6 Å². The average molecular weight is 487 g/mol. The lowest BCUT2D eigenvalue weighted by molar-refractivity contribution is 0.288. The van der Waals surface area contributed by atoms with E-state index in [4.69, 9.17) is 11.6 Å². The monoisotopic (exact) mass is 486 g/mol. The van der Waals surface area contributed by atoms with Gasteiger partial charge in [0.15, 0.2) is 0 Å². The largest absolute Gasteiger partial charge is 0.354 e. The van der Waals surface area contributed by atoms with Crippen LogP contribution in [-0.2, 0) is 16.4 Å². The van der Waals surface area contributed by atoms with Gasteiger partial charge in [-0.2, -0.15) is 13.5 Å². The summed E-state index contributed by atoms with van der Waals surface area (Å²) in [5, 5.41) is 5.03. The third-order valence-corrected chi connectivity index (χ3v) is 7.29. The van der Waals surface area contributed by atoms with Crippen molar-refractivity contribution in [2.75, 3.05) is 0 Å². The van der Waals surface area contributed by atoms with Crippen LogP contribution in [-0.4, -0.2) is 41.0 Å².